The molecule has 0 saturated carbocycles. The van der Waals surface area contributed by atoms with Crippen molar-refractivity contribution in [2.45, 2.75) is 46.0 Å². The Morgan fingerprint density at radius 2 is 1.59 bits per heavy atom. The van der Waals surface area contributed by atoms with Crippen LogP contribution < -0.4 is 11.3 Å². The van der Waals surface area contributed by atoms with Gasteiger partial charge in [-0.15, -0.1) is 0 Å². The van der Waals surface area contributed by atoms with Crippen molar-refractivity contribution in [2.24, 2.45) is 5.84 Å². The Labute approximate surface area is 104 Å². The molecule has 0 spiro atoms. The van der Waals surface area contributed by atoms with E-state index in [2.05, 4.69) is 5.43 Å². The van der Waals surface area contributed by atoms with E-state index in [4.69, 9.17) is 25.5 Å². The molecule has 0 aliphatic rings. The second-order valence-corrected chi connectivity index (χ2v) is 3.88. The van der Waals surface area contributed by atoms with Crippen molar-refractivity contribution >= 4 is 0 Å². The Bertz CT molecular complexity index is 145. The van der Waals surface area contributed by atoms with Gasteiger partial charge in [0.2, 0.25) is 0 Å². The fourth-order valence-corrected chi connectivity index (χ4v) is 0.704. The molecule has 5 N–H and O–H groups in total. The summed E-state index contributed by atoms with van der Waals surface area (Å²) < 4.78 is 10.5. The highest BCUT2D eigenvalue weighted by molar-refractivity contribution is 4.52. The number of nitrogens with two attached hydrogens (primary N) is 1. The van der Waals surface area contributed by atoms with Crippen LogP contribution in [0, 0.1) is 0 Å². The molecule has 3 atom stereocenters. The summed E-state index contributed by atoms with van der Waals surface area (Å²) in [6.45, 7) is 8.90. The van der Waals surface area contributed by atoms with Gasteiger partial charge in [0.15, 0.2) is 0 Å². The molecule has 0 radical (unpaired) electrons. The van der Waals surface area contributed by atoms with Gasteiger partial charge in [-0.05, 0) is 20.8 Å². The number of hydrazine groups is 1. The number of aliphatic hydroxyl groups is 2. The number of hydrogen-bond acceptors (Lipinski definition) is 6. The molecule has 17 heavy (non-hydrogen) atoms. The minimum atomic E-state index is -0.447. The van der Waals surface area contributed by atoms with Gasteiger partial charge in [-0.1, -0.05) is 6.92 Å². The van der Waals surface area contributed by atoms with E-state index in [0.717, 1.165) is 6.54 Å². The molecule has 0 rings (SSSR count). The zero-order valence-electron chi connectivity index (χ0n) is 11.3. The van der Waals surface area contributed by atoms with Crippen molar-refractivity contribution in [1.82, 2.24) is 5.43 Å². The molecule has 3 unspecified atom stereocenters. The molecule has 0 aliphatic heterocycles. The summed E-state index contributed by atoms with van der Waals surface area (Å²) in [5.41, 5.74) is 2.43. The molecule has 6 nitrogen and oxygen atoms in total. The number of aliphatic hydroxyl groups excluding tert-OH is 2. The Hall–Kier alpha value is -0.240. The number of ether oxygens (including phenoxy) is 2. The first kappa shape index (κ1) is 19.1. The summed E-state index contributed by atoms with van der Waals surface area (Å²) in [7, 11) is 0. The summed E-state index contributed by atoms with van der Waals surface area (Å²) in [6, 6.07) is 0. The van der Waals surface area contributed by atoms with Crippen LogP contribution in [-0.4, -0.2) is 54.9 Å². The standard InChI is InChI=1S/C9H20O4.C2H8N2/c1-7(11)5-12-9(3)6-13-8(2)4-10;1-2-4-3/h7-11H,4-6H2,1-3H3;4H,2-3H2,1H3. The first-order valence-corrected chi connectivity index (χ1v) is 5.93. The second kappa shape index (κ2) is 13.8. The van der Waals surface area contributed by atoms with Crippen molar-refractivity contribution < 1.29 is 19.7 Å². The molecular weight excluding hydrogens is 224 g/mol. The van der Waals surface area contributed by atoms with Crippen LogP contribution >= 0.6 is 0 Å². The lowest BCUT2D eigenvalue weighted by Gasteiger charge is -2.16. The summed E-state index contributed by atoms with van der Waals surface area (Å²) >= 11 is 0. The molecule has 106 valence electrons. The third-order valence-electron chi connectivity index (χ3n) is 1.70. The molecule has 0 aromatic carbocycles. The number of nitrogens with one attached hydrogen (secondary N) is 1. The van der Waals surface area contributed by atoms with Crippen molar-refractivity contribution in [3.63, 3.8) is 0 Å². The lowest BCUT2D eigenvalue weighted by atomic mass is 10.4. The first-order valence-electron chi connectivity index (χ1n) is 5.93. The monoisotopic (exact) mass is 252 g/mol. The third kappa shape index (κ3) is 18.3. The summed E-state index contributed by atoms with van der Waals surface area (Å²) in [6.07, 6.45) is -0.654. The molecule has 0 aromatic rings. The SMILES string of the molecule is CC(O)COC(C)COC(C)CO.CCNN. The molecular formula is C11H28N2O4. The molecule has 0 aromatic heterocycles. The van der Waals surface area contributed by atoms with Crippen LogP contribution in [0.3, 0.4) is 0 Å². The van der Waals surface area contributed by atoms with Gasteiger partial charge in [-0.3, -0.25) is 11.3 Å². The van der Waals surface area contributed by atoms with Crippen molar-refractivity contribution in [3.8, 4) is 0 Å². The largest absolute Gasteiger partial charge is 0.394 e. The van der Waals surface area contributed by atoms with E-state index >= 15 is 0 Å². The predicted octanol–water partition coefficient (Wildman–Crippen LogP) is -0.361. The van der Waals surface area contributed by atoms with Gasteiger partial charge >= 0.3 is 0 Å². The molecule has 0 aliphatic carbocycles. The fourth-order valence-electron chi connectivity index (χ4n) is 0.704. The number of rotatable bonds is 8. The van der Waals surface area contributed by atoms with Crippen LogP contribution in [-0.2, 0) is 9.47 Å². The van der Waals surface area contributed by atoms with Gasteiger partial charge in [0, 0.05) is 6.54 Å². The maximum Gasteiger partial charge on any atom is 0.0781 e. The average Bonchev–Trinajstić information content (AvgIpc) is 2.33. The van der Waals surface area contributed by atoms with Gasteiger partial charge in [0.25, 0.3) is 0 Å². The maximum absolute atomic E-state index is 8.92. The quantitative estimate of drug-likeness (QED) is 0.348. The van der Waals surface area contributed by atoms with Crippen LogP contribution in [0.4, 0.5) is 0 Å². The van der Waals surface area contributed by atoms with Crippen LogP contribution in [0.1, 0.15) is 27.7 Å². The van der Waals surface area contributed by atoms with E-state index in [9.17, 15) is 0 Å². The molecule has 0 fully saturated rings. The Kier molecular flexibility index (Phi) is 15.5. The van der Waals surface area contributed by atoms with Crippen LogP contribution in [0.15, 0.2) is 0 Å². The van der Waals surface area contributed by atoms with Crippen LogP contribution in [0.2, 0.25) is 0 Å². The van der Waals surface area contributed by atoms with Gasteiger partial charge < -0.3 is 19.7 Å². The molecule has 0 saturated heterocycles. The lowest BCUT2D eigenvalue weighted by molar-refractivity contribution is -0.0620. The maximum atomic E-state index is 8.92. The summed E-state index contributed by atoms with van der Waals surface area (Å²) in [5.74, 6) is 4.78. The van der Waals surface area contributed by atoms with E-state index in [1.807, 2.05) is 13.8 Å². The normalized spacial score (nSPS) is 15.7. The van der Waals surface area contributed by atoms with Crippen LogP contribution in [0.25, 0.3) is 0 Å². The van der Waals surface area contributed by atoms with Gasteiger partial charge in [0.05, 0.1) is 38.1 Å². The number of hydrogen-bond donors (Lipinski definition) is 4. The highest BCUT2D eigenvalue weighted by Gasteiger charge is 2.06. The fraction of sp³-hybridized carbons (Fsp3) is 1.00. The van der Waals surface area contributed by atoms with Gasteiger partial charge in [-0.25, -0.2) is 0 Å². The zero-order chi connectivity index (χ0) is 13.7. The molecule has 0 bridgehead atoms. The summed E-state index contributed by atoms with van der Waals surface area (Å²) in [5, 5.41) is 17.6. The topological polar surface area (TPSA) is 97.0 Å². The van der Waals surface area contributed by atoms with Crippen molar-refractivity contribution in [3.05, 3.63) is 0 Å². The van der Waals surface area contributed by atoms with Gasteiger partial charge in [-0.2, -0.15) is 0 Å². The van der Waals surface area contributed by atoms with E-state index in [1.54, 1.807) is 13.8 Å². The first-order chi connectivity index (χ1) is 7.97. The Morgan fingerprint density at radius 1 is 1.12 bits per heavy atom. The Balaban J connectivity index is 0. The van der Waals surface area contributed by atoms with Crippen LogP contribution in [0.5, 0.6) is 0 Å². The Morgan fingerprint density at radius 3 is 1.94 bits per heavy atom. The third-order valence-corrected chi connectivity index (χ3v) is 1.70. The predicted molar refractivity (Wildman–Crippen MR) is 67.5 cm³/mol. The average molecular weight is 252 g/mol. The van der Waals surface area contributed by atoms with Crippen molar-refractivity contribution in [2.75, 3.05) is 26.4 Å². The molecule has 0 amide bonds. The van der Waals surface area contributed by atoms with Gasteiger partial charge in [0.1, 0.15) is 0 Å². The van der Waals surface area contributed by atoms with E-state index in [-0.39, 0.29) is 18.8 Å². The molecule has 6 heteroatoms. The second-order valence-electron chi connectivity index (χ2n) is 3.88. The van der Waals surface area contributed by atoms with E-state index < -0.39 is 6.10 Å². The zero-order valence-corrected chi connectivity index (χ0v) is 11.3. The molecule has 0 heterocycles. The minimum absolute atomic E-state index is 0.0170. The highest BCUT2D eigenvalue weighted by Crippen LogP contribution is 1.97. The minimum Gasteiger partial charge on any atom is -0.394 e. The van der Waals surface area contributed by atoms with Crippen molar-refractivity contribution in [1.29, 1.82) is 0 Å². The lowest BCUT2D eigenvalue weighted by Crippen LogP contribution is -2.24. The van der Waals surface area contributed by atoms with E-state index in [1.165, 1.54) is 0 Å². The highest BCUT2D eigenvalue weighted by atomic mass is 16.5. The smallest absolute Gasteiger partial charge is 0.0781 e. The summed E-state index contributed by atoms with van der Waals surface area (Å²) in [4.78, 5) is 0. The van der Waals surface area contributed by atoms with E-state index in [0.29, 0.717) is 13.2 Å².